The van der Waals surface area contributed by atoms with E-state index in [9.17, 15) is 24.5 Å². The summed E-state index contributed by atoms with van der Waals surface area (Å²) in [5.74, 6) is -1.82. The summed E-state index contributed by atoms with van der Waals surface area (Å²) in [6, 6.07) is 14.6. The number of nitrogens with two attached hydrogens (primary N) is 1. The van der Waals surface area contributed by atoms with E-state index in [-0.39, 0.29) is 28.3 Å². The highest BCUT2D eigenvalue weighted by Crippen LogP contribution is 2.34. The van der Waals surface area contributed by atoms with E-state index in [1.165, 1.54) is 23.9 Å². The van der Waals surface area contributed by atoms with Crippen LogP contribution in [0.4, 0.5) is 11.5 Å². The number of nitrogens with one attached hydrogen (secondary N) is 1. The number of nitro groups is 1. The van der Waals surface area contributed by atoms with Crippen LogP contribution in [-0.2, 0) is 0 Å². The average molecular weight is 408 g/mol. The number of anilines is 1. The van der Waals surface area contributed by atoms with E-state index in [0.717, 1.165) is 15.5 Å². The molecule has 3 aromatic rings. The van der Waals surface area contributed by atoms with E-state index < -0.39 is 22.3 Å². The first-order valence-corrected chi connectivity index (χ1v) is 9.11. The molecule has 3 N–H and O–H groups in total. The second-order valence-corrected chi connectivity index (χ2v) is 7.24. The van der Waals surface area contributed by atoms with Gasteiger partial charge < -0.3 is 5.73 Å². The minimum atomic E-state index is -0.756. The molecule has 1 aliphatic heterocycles. The van der Waals surface area contributed by atoms with Gasteiger partial charge in [0.2, 0.25) is 0 Å². The number of benzene rings is 2. The Morgan fingerprint density at radius 2 is 1.69 bits per heavy atom. The number of carbonyl (C=O) groups excluding carboxylic acids is 2. The number of hydrogen-bond acceptors (Lipinski definition) is 7. The lowest BCUT2D eigenvalue weighted by molar-refractivity contribution is -0.384. The van der Waals surface area contributed by atoms with Crippen molar-refractivity contribution in [3.05, 3.63) is 86.2 Å². The van der Waals surface area contributed by atoms with Crippen LogP contribution >= 0.6 is 11.8 Å². The Labute approximate surface area is 167 Å². The zero-order chi connectivity index (χ0) is 20.7. The highest BCUT2D eigenvalue weighted by Gasteiger charge is 2.33. The summed E-state index contributed by atoms with van der Waals surface area (Å²) in [6.45, 7) is 0. The van der Waals surface area contributed by atoms with Crippen molar-refractivity contribution in [3.63, 3.8) is 0 Å². The Morgan fingerprint density at radius 3 is 2.38 bits per heavy atom. The molecule has 0 radical (unpaired) electrons. The lowest BCUT2D eigenvalue weighted by atomic mass is 10.1. The van der Waals surface area contributed by atoms with Crippen molar-refractivity contribution in [2.24, 2.45) is 0 Å². The normalized spacial score (nSPS) is 12.6. The third-order valence-electron chi connectivity index (χ3n) is 4.32. The number of amides is 2. The van der Waals surface area contributed by atoms with Gasteiger partial charge >= 0.3 is 0 Å². The maximum atomic E-state index is 12.7. The molecule has 0 bridgehead atoms. The maximum Gasteiger partial charge on any atom is 0.293 e. The molecule has 2 aromatic carbocycles. The van der Waals surface area contributed by atoms with Gasteiger partial charge in [-0.3, -0.25) is 34.4 Å². The second kappa shape index (κ2) is 6.91. The van der Waals surface area contributed by atoms with Crippen LogP contribution in [0.5, 0.6) is 0 Å². The van der Waals surface area contributed by atoms with Gasteiger partial charge in [-0.1, -0.05) is 30.0 Å². The van der Waals surface area contributed by atoms with Crippen LogP contribution in [0.25, 0.3) is 5.69 Å². The van der Waals surface area contributed by atoms with Gasteiger partial charge in [0, 0.05) is 21.9 Å². The van der Waals surface area contributed by atoms with E-state index in [4.69, 9.17) is 5.73 Å². The number of aromatic nitrogens is 1. The second-order valence-electron chi connectivity index (χ2n) is 6.10. The Morgan fingerprint density at radius 1 is 0.966 bits per heavy atom. The van der Waals surface area contributed by atoms with Gasteiger partial charge in [-0.05, 0) is 24.3 Å². The van der Waals surface area contributed by atoms with Crippen LogP contribution in [0.15, 0.2) is 69.2 Å². The number of rotatable bonds is 4. The van der Waals surface area contributed by atoms with E-state index in [1.807, 2.05) is 30.3 Å². The molecule has 2 amide bonds. The molecule has 1 aromatic heterocycles. The molecule has 10 heteroatoms. The zero-order valence-corrected chi connectivity index (χ0v) is 15.4. The Balaban J connectivity index is 1.92. The van der Waals surface area contributed by atoms with Crippen LogP contribution in [0.1, 0.15) is 20.7 Å². The first kappa shape index (κ1) is 18.4. The number of pyridine rings is 1. The molecule has 0 unspecified atom stereocenters. The molecule has 0 aliphatic carbocycles. The highest BCUT2D eigenvalue weighted by atomic mass is 32.2. The molecule has 1 aliphatic rings. The number of nitro benzene ring substituents is 1. The average Bonchev–Trinajstić information content (AvgIpc) is 2.96. The summed E-state index contributed by atoms with van der Waals surface area (Å²) >= 11 is 1.34. The lowest BCUT2D eigenvalue weighted by Gasteiger charge is -2.13. The van der Waals surface area contributed by atoms with Crippen molar-refractivity contribution in [2.45, 2.75) is 9.79 Å². The monoisotopic (exact) mass is 408 g/mol. The van der Waals surface area contributed by atoms with E-state index >= 15 is 0 Å². The minimum absolute atomic E-state index is 0.0895. The Hall–Kier alpha value is -3.92. The van der Waals surface area contributed by atoms with Crippen LogP contribution < -0.4 is 16.6 Å². The first-order chi connectivity index (χ1) is 13.9. The topological polar surface area (TPSA) is 137 Å². The molecule has 144 valence electrons. The first-order valence-electron chi connectivity index (χ1n) is 8.29. The van der Waals surface area contributed by atoms with Crippen LogP contribution in [-0.4, -0.2) is 21.3 Å². The van der Waals surface area contributed by atoms with Crippen molar-refractivity contribution >= 4 is 35.1 Å². The lowest BCUT2D eigenvalue weighted by Crippen LogP contribution is -2.24. The molecule has 2 heterocycles. The van der Waals surface area contributed by atoms with E-state index in [1.54, 1.807) is 6.07 Å². The number of fused-ring (bicyclic) bond motifs is 1. The molecule has 0 atom stereocenters. The third-order valence-corrected chi connectivity index (χ3v) is 5.31. The van der Waals surface area contributed by atoms with Crippen molar-refractivity contribution in [3.8, 4) is 5.69 Å². The molecular formula is C19H12N4O5S. The number of hydrogen-bond donors (Lipinski definition) is 2. The molecule has 0 spiro atoms. The summed E-state index contributed by atoms with van der Waals surface area (Å²) in [4.78, 5) is 49.0. The van der Waals surface area contributed by atoms with Gasteiger partial charge in [-0.15, -0.1) is 0 Å². The maximum absolute atomic E-state index is 12.7. The fraction of sp³-hybridized carbons (Fsp3) is 0. The molecule has 0 fully saturated rings. The van der Waals surface area contributed by atoms with Gasteiger partial charge in [-0.2, -0.15) is 0 Å². The smallest absolute Gasteiger partial charge is 0.293 e. The van der Waals surface area contributed by atoms with Gasteiger partial charge in [0.25, 0.3) is 23.1 Å². The van der Waals surface area contributed by atoms with Crippen molar-refractivity contribution in [1.82, 2.24) is 9.88 Å². The third kappa shape index (κ3) is 3.15. The van der Waals surface area contributed by atoms with Crippen LogP contribution in [0.3, 0.4) is 0 Å². The number of carbonyl (C=O) groups is 2. The van der Waals surface area contributed by atoms with E-state index in [2.05, 4.69) is 5.32 Å². The van der Waals surface area contributed by atoms with Crippen molar-refractivity contribution < 1.29 is 14.5 Å². The highest BCUT2D eigenvalue weighted by molar-refractivity contribution is 7.99. The molecule has 29 heavy (non-hydrogen) atoms. The summed E-state index contributed by atoms with van der Waals surface area (Å²) < 4.78 is 0.879. The molecule has 0 saturated heterocycles. The quantitative estimate of drug-likeness (QED) is 0.384. The fourth-order valence-corrected chi connectivity index (χ4v) is 3.92. The fourth-order valence-electron chi connectivity index (χ4n) is 3.05. The number of imide groups is 1. The Kier molecular flexibility index (Phi) is 4.40. The van der Waals surface area contributed by atoms with Crippen molar-refractivity contribution in [1.29, 1.82) is 0 Å². The summed E-state index contributed by atoms with van der Waals surface area (Å²) in [6.07, 6.45) is 0. The molecule has 9 nitrogen and oxygen atoms in total. The van der Waals surface area contributed by atoms with Gasteiger partial charge in [0.05, 0.1) is 16.1 Å². The molecular weight excluding hydrogens is 396 g/mol. The SMILES string of the molecule is Nc1c2c(cc(=O)n1-c1cc(Sc3ccccc3)ccc1[N+](=O)[O-])C(=O)NC2=O. The largest absolute Gasteiger partial charge is 0.384 e. The number of nitrogen functional groups attached to an aromatic ring is 1. The van der Waals surface area contributed by atoms with Gasteiger partial charge in [0.1, 0.15) is 11.5 Å². The van der Waals surface area contributed by atoms with Crippen LogP contribution in [0.2, 0.25) is 0 Å². The molecule has 0 saturated carbocycles. The van der Waals surface area contributed by atoms with Gasteiger partial charge in [-0.25, -0.2) is 0 Å². The number of nitrogens with zero attached hydrogens (tertiary/aromatic N) is 2. The summed E-state index contributed by atoms with van der Waals surface area (Å²) in [5, 5.41) is 13.6. The van der Waals surface area contributed by atoms with Crippen LogP contribution in [0, 0.1) is 10.1 Å². The van der Waals surface area contributed by atoms with Gasteiger partial charge in [0.15, 0.2) is 0 Å². The summed E-state index contributed by atoms with van der Waals surface area (Å²) in [5.41, 5.74) is 4.49. The zero-order valence-electron chi connectivity index (χ0n) is 14.6. The minimum Gasteiger partial charge on any atom is -0.384 e. The summed E-state index contributed by atoms with van der Waals surface area (Å²) in [7, 11) is 0. The van der Waals surface area contributed by atoms with Crippen molar-refractivity contribution in [2.75, 3.05) is 5.73 Å². The van der Waals surface area contributed by atoms with E-state index in [0.29, 0.717) is 4.90 Å². The predicted molar refractivity (Wildman–Crippen MR) is 105 cm³/mol. The predicted octanol–water partition coefficient (Wildman–Crippen LogP) is 2.36. The standard InChI is InChI=1S/C19H12N4O5S/c20-17-16-12(18(25)21-19(16)26)9-15(24)22(17)14-8-11(6-7-13(14)23(27)28)29-10-4-2-1-3-5-10/h1-9H,20H2,(H,21,25,26). The Bertz CT molecular complexity index is 1250. The molecule has 4 rings (SSSR count).